The van der Waals surface area contributed by atoms with Crippen LogP contribution in [0.5, 0.6) is 0 Å². The number of nitrogens with zero attached hydrogens (tertiary/aromatic N) is 1. The van der Waals surface area contributed by atoms with Crippen LogP contribution >= 0.6 is 0 Å². The van der Waals surface area contributed by atoms with Crippen LogP contribution in [0.4, 0.5) is 5.69 Å². The Morgan fingerprint density at radius 1 is 1.25 bits per heavy atom. The molecule has 2 rings (SSSR count). The lowest BCUT2D eigenvalue weighted by atomic mass is 10.0. The molecule has 0 radical (unpaired) electrons. The van der Waals surface area contributed by atoms with Crippen LogP contribution in [0, 0.1) is 6.92 Å². The van der Waals surface area contributed by atoms with Gasteiger partial charge in [0.2, 0.25) is 0 Å². The Morgan fingerprint density at radius 2 is 1.85 bits per heavy atom. The van der Waals surface area contributed by atoms with E-state index in [9.17, 15) is 8.42 Å². The van der Waals surface area contributed by atoms with Crippen LogP contribution in [0.25, 0.3) is 0 Å². The molecule has 1 aromatic carbocycles. The summed E-state index contributed by atoms with van der Waals surface area (Å²) in [6.45, 7) is 5.82. The zero-order chi connectivity index (χ0) is 14.9. The fraction of sp³-hybridized carbons (Fsp3) is 0.571. The number of rotatable bonds is 3. The fourth-order valence-electron chi connectivity index (χ4n) is 2.71. The van der Waals surface area contributed by atoms with Crippen LogP contribution in [0.3, 0.4) is 0 Å². The molecule has 1 aliphatic rings. The lowest BCUT2D eigenvalue weighted by molar-refractivity contribution is 0.0790. The first-order valence-electron chi connectivity index (χ1n) is 6.99. The molecule has 0 aliphatic carbocycles. The highest BCUT2D eigenvalue weighted by atomic mass is 32.2. The van der Waals surface area contributed by atoms with E-state index in [2.05, 4.69) is 4.83 Å². The molecular weight excluding hydrogens is 274 g/mol. The van der Waals surface area contributed by atoms with Gasteiger partial charge >= 0.3 is 0 Å². The Morgan fingerprint density at radius 3 is 2.45 bits per heavy atom. The van der Waals surface area contributed by atoms with Crippen LogP contribution in [0.15, 0.2) is 23.1 Å². The Hall–Kier alpha value is -1.11. The number of hydrogen-bond acceptors (Lipinski definition) is 4. The van der Waals surface area contributed by atoms with Gasteiger partial charge in [-0.3, -0.25) is 0 Å². The summed E-state index contributed by atoms with van der Waals surface area (Å²) in [5.74, 6) is 0. The summed E-state index contributed by atoms with van der Waals surface area (Å²) in [7, 11) is -3.58. The second-order valence-electron chi connectivity index (χ2n) is 5.60. The molecule has 5 nitrogen and oxygen atoms in total. The van der Waals surface area contributed by atoms with E-state index in [1.165, 1.54) is 0 Å². The second-order valence-corrected chi connectivity index (χ2v) is 7.23. The highest BCUT2D eigenvalue weighted by Gasteiger charge is 2.29. The van der Waals surface area contributed by atoms with Crippen LogP contribution in [0.1, 0.15) is 38.7 Å². The number of benzene rings is 1. The minimum Gasteiger partial charge on any atom is -0.398 e. The Balaban J connectivity index is 2.29. The standard InChI is InChI=1S/C14H23N3O2S/c1-10-6-4-7-11(2)17(10)16-20(18,19)14-9-5-8-13(15)12(14)3/h5,8-11,16H,4,6-7,15H2,1-3H3. The predicted molar refractivity (Wildman–Crippen MR) is 80.5 cm³/mol. The molecule has 1 aliphatic heterocycles. The summed E-state index contributed by atoms with van der Waals surface area (Å²) in [5, 5.41) is 1.85. The molecule has 0 aromatic heterocycles. The van der Waals surface area contributed by atoms with Crippen molar-refractivity contribution in [1.29, 1.82) is 0 Å². The molecule has 0 bridgehead atoms. The molecule has 3 N–H and O–H groups in total. The number of sulfonamides is 1. The van der Waals surface area contributed by atoms with Crippen molar-refractivity contribution < 1.29 is 8.42 Å². The van der Waals surface area contributed by atoms with Gasteiger partial charge in [-0.05, 0) is 51.3 Å². The molecule has 0 saturated carbocycles. The highest BCUT2D eigenvalue weighted by Crippen LogP contribution is 2.24. The van der Waals surface area contributed by atoms with Crippen LogP contribution < -0.4 is 10.6 Å². The smallest absolute Gasteiger partial charge is 0.253 e. The average molecular weight is 297 g/mol. The van der Waals surface area contributed by atoms with E-state index >= 15 is 0 Å². The molecule has 20 heavy (non-hydrogen) atoms. The SMILES string of the molecule is Cc1c(N)cccc1S(=O)(=O)NN1C(C)CCCC1C. The number of hydrogen-bond donors (Lipinski definition) is 2. The van der Waals surface area contributed by atoms with E-state index in [0.717, 1.165) is 19.3 Å². The molecule has 1 fully saturated rings. The molecule has 0 amide bonds. The van der Waals surface area contributed by atoms with E-state index in [0.29, 0.717) is 11.3 Å². The number of anilines is 1. The third kappa shape index (κ3) is 2.97. The summed E-state index contributed by atoms with van der Waals surface area (Å²) in [6, 6.07) is 5.37. The molecule has 1 heterocycles. The van der Waals surface area contributed by atoms with Gasteiger partial charge in [0.15, 0.2) is 0 Å². The van der Waals surface area contributed by atoms with Gasteiger partial charge < -0.3 is 5.73 Å². The zero-order valence-electron chi connectivity index (χ0n) is 12.3. The number of nitrogen functional groups attached to an aromatic ring is 1. The first-order chi connectivity index (χ1) is 9.33. The fourth-order valence-corrected chi connectivity index (χ4v) is 4.23. The van der Waals surface area contributed by atoms with Crippen molar-refractivity contribution in [2.24, 2.45) is 0 Å². The summed E-state index contributed by atoms with van der Waals surface area (Å²) in [4.78, 5) is 2.98. The van der Waals surface area contributed by atoms with Crippen molar-refractivity contribution in [3.05, 3.63) is 23.8 Å². The lowest BCUT2D eigenvalue weighted by Crippen LogP contribution is -2.54. The van der Waals surface area contributed by atoms with E-state index < -0.39 is 10.0 Å². The quantitative estimate of drug-likeness (QED) is 0.837. The van der Waals surface area contributed by atoms with Crippen LogP contribution in [-0.2, 0) is 10.0 Å². The Bertz CT molecular complexity index is 576. The molecule has 1 aromatic rings. The summed E-state index contributed by atoms with van der Waals surface area (Å²) in [6.07, 6.45) is 3.14. The van der Waals surface area contributed by atoms with E-state index in [-0.39, 0.29) is 17.0 Å². The Labute approximate surface area is 121 Å². The Kier molecular flexibility index (Phi) is 4.36. The first-order valence-corrected chi connectivity index (χ1v) is 8.47. The maximum atomic E-state index is 12.6. The maximum Gasteiger partial charge on any atom is 0.253 e. The molecule has 112 valence electrons. The van der Waals surface area contributed by atoms with Gasteiger partial charge in [0.1, 0.15) is 0 Å². The zero-order valence-corrected chi connectivity index (χ0v) is 13.1. The van der Waals surface area contributed by atoms with Gasteiger partial charge in [0.05, 0.1) is 4.90 Å². The van der Waals surface area contributed by atoms with Gasteiger partial charge in [-0.15, -0.1) is 4.83 Å². The summed E-state index contributed by atoms with van der Waals surface area (Å²) >= 11 is 0. The molecule has 6 heteroatoms. The lowest BCUT2D eigenvalue weighted by Gasteiger charge is -2.38. The van der Waals surface area contributed by atoms with Crippen molar-refractivity contribution in [2.75, 3.05) is 5.73 Å². The normalized spacial score (nSPS) is 24.8. The van der Waals surface area contributed by atoms with Crippen molar-refractivity contribution in [3.63, 3.8) is 0 Å². The van der Waals surface area contributed by atoms with Crippen molar-refractivity contribution >= 4 is 15.7 Å². The van der Waals surface area contributed by atoms with E-state index in [1.807, 2.05) is 18.9 Å². The molecule has 1 saturated heterocycles. The average Bonchev–Trinajstić information content (AvgIpc) is 2.37. The second kappa shape index (κ2) is 5.71. The number of hydrazine groups is 1. The van der Waals surface area contributed by atoms with Crippen molar-refractivity contribution in [3.8, 4) is 0 Å². The molecule has 2 atom stereocenters. The number of piperidine rings is 1. The summed E-state index contributed by atoms with van der Waals surface area (Å²) in [5.41, 5.74) is 6.89. The van der Waals surface area contributed by atoms with Crippen LogP contribution in [-0.4, -0.2) is 25.5 Å². The topological polar surface area (TPSA) is 75.4 Å². The largest absolute Gasteiger partial charge is 0.398 e. The van der Waals surface area contributed by atoms with E-state index in [1.54, 1.807) is 25.1 Å². The minimum absolute atomic E-state index is 0.204. The minimum atomic E-state index is -3.58. The van der Waals surface area contributed by atoms with Gasteiger partial charge in [0, 0.05) is 17.8 Å². The first kappa shape index (κ1) is 15.3. The van der Waals surface area contributed by atoms with Gasteiger partial charge in [-0.2, -0.15) is 0 Å². The van der Waals surface area contributed by atoms with Crippen molar-refractivity contribution in [1.82, 2.24) is 9.84 Å². The summed E-state index contributed by atoms with van der Waals surface area (Å²) < 4.78 is 25.1. The number of nitrogens with two attached hydrogens (primary N) is 1. The monoisotopic (exact) mass is 297 g/mol. The van der Waals surface area contributed by atoms with Crippen molar-refractivity contribution in [2.45, 2.75) is 57.0 Å². The predicted octanol–water partition coefficient (Wildman–Crippen LogP) is 2.03. The molecular formula is C14H23N3O2S. The molecule has 2 unspecified atom stereocenters. The van der Waals surface area contributed by atoms with E-state index in [4.69, 9.17) is 5.73 Å². The van der Waals surface area contributed by atoms with Gasteiger partial charge in [0.25, 0.3) is 10.0 Å². The van der Waals surface area contributed by atoms with Gasteiger partial charge in [-0.1, -0.05) is 12.5 Å². The third-order valence-corrected chi connectivity index (χ3v) is 5.51. The highest BCUT2D eigenvalue weighted by molar-refractivity contribution is 7.89. The number of nitrogens with one attached hydrogen (secondary N) is 1. The third-order valence-electron chi connectivity index (χ3n) is 4.03. The molecule has 0 spiro atoms. The van der Waals surface area contributed by atoms with Gasteiger partial charge in [-0.25, -0.2) is 13.4 Å². The van der Waals surface area contributed by atoms with Crippen LogP contribution in [0.2, 0.25) is 0 Å². The maximum absolute atomic E-state index is 12.6.